The lowest BCUT2D eigenvalue weighted by Crippen LogP contribution is -2.15. The first-order chi connectivity index (χ1) is 15.4. The molecule has 0 bridgehead atoms. The van der Waals surface area contributed by atoms with E-state index in [1.807, 2.05) is 30.3 Å². The second-order valence-electron chi connectivity index (χ2n) is 7.06. The van der Waals surface area contributed by atoms with E-state index in [0.717, 1.165) is 9.65 Å². The fourth-order valence-electron chi connectivity index (χ4n) is 3.21. The van der Waals surface area contributed by atoms with Crippen LogP contribution in [0.5, 0.6) is 11.5 Å². The average Bonchev–Trinajstić information content (AvgIpc) is 3.31. The van der Waals surface area contributed by atoms with Crippen LogP contribution in [0.4, 0.5) is 4.39 Å². The standard InChI is InChI=1S/C24H21FN2O4S/c1-17(31-20-10-13-22(23(25)16-20)18-6-4-3-5-7-18)24-14-15-27(26-24)32(28,29)21-11-8-19(30-2)9-12-21/h3-17H,1-2H3/t17-/m1/s1. The van der Waals surface area contributed by atoms with Crippen LogP contribution in [0.2, 0.25) is 0 Å². The van der Waals surface area contributed by atoms with Crippen LogP contribution in [-0.4, -0.2) is 24.7 Å². The molecule has 0 amide bonds. The first-order valence-electron chi connectivity index (χ1n) is 9.85. The second-order valence-corrected chi connectivity index (χ2v) is 8.86. The van der Waals surface area contributed by atoms with E-state index in [4.69, 9.17) is 9.47 Å². The quantitative estimate of drug-likeness (QED) is 0.391. The van der Waals surface area contributed by atoms with Crippen LogP contribution in [0.15, 0.2) is 90.0 Å². The van der Waals surface area contributed by atoms with Crippen molar-refractivity contribution in [2.75, 3.05) is 7.11 Å². The maximum Gasteiger partial charge on any atom is 0.282 e. The fraction of sp³-hybridized carbons (Fsp3) is 0.125. The van der Waals surface area contributed by atoms with E-state index in [-0.39, 0.29) is 4.90 Å². The summed E-state index contributed by atoms with van der Waals surface area (Å²) in [4.78, 5) is 0.0834. The topological polar surface area (TPSA) is 70.4 Å². The Morgan fingerprint density at radius 1 is 0.938 bits per heavy atom. The molecule has 0 spiro atoms. The van der Waals surface area contributed by atoms with E-state index in [1.54, 1.807) is 37.3 Å². The molecule has 0 saturated heterocycles. The van der Waals surface area contributed by atoms with Gasteiger partial charge in [-0.05, 0) is 55.0 Å². The van der Waals surface area contributed by atoms with E-state index in [2.05, 4.69) is 5.10 Å². The lowest BCUT2D eigenvalue weighted by Gasteiger charge is -2.14. The highest BCUT2D eigenvalue weighted by molar-refractivity contribution is 7.89. The van der Waals surface area contributed by atoms with E-state index >= 15 is 0 Å². The fourth-order valence-corrected chi connectivity index (χ4v) is 4.33. The minimum Gasteiger partial charge on any atom is -0.497 e. The molecule has 0 aliphatic heterocycles. The third-order valence-electron chi connectivity index (χ3n) is 4.95. The van der Waals surface area contributed by atoms with Gasteiger partial charge in [-0.25, -0.2) is 4.39 Å². The Morgan fingerprint density at radius 2 is 1.62 bits per heavy atom. The van der Waals surface area contributed by atoms with Crippen molar-refractivity contribution in [2.24, 2.45) is 0 Å². The molecule has 1 aromatic heterocycles. The predicted octanol–water partition coefficient (Wildman–Crippen LogP) is 5.07. The molecule has 8 heteroatoms. The molecule has 164 valence electrons. The summed E-state index contributed by atoms with van der Waals surface area (Å²) in [6.45, 7) is 1.72. The molecule has 32 heavy (non-hydrogen) atoms. The van der Waals surface area contributed by atoms with Crippen LogP contribution in [0.3, 0.4) is 0 Å². The Hall–Kier alpha value is -3.65. The van der Waals surface area contributed by atoms with E-state index < -0.39 is 21.9 Å². The Bertz CT molecular complexity index is 1320. The van der Waals surface area contributed by atoms with Crippen LogP contribution in [-0.2, 0) is 10.0 Å². The lowest BCUT2D eigenvalue weighted by atomic mass is 10.1. The number of aromatic nitrogens is 2. The van der Waals surface area contributed by atoms with Gasteiger partial charge >= 0.3 is 0 Å². The van der Waals surface area contributed by atoms with Gasteiger partial charge in [-0.2, -0.15) is 17.6 Å². The summed E-state index contributed by atoms with van der Waals surface area (Å²) in [6, 6.07) is 21.4. The molecular formula is C24H21FN2O4S. The first-order valence-corrected chi connectivity index (χ1v) is 11.3. The van der Waals surface area contributed by atoms with Gasteiger partial charge in [0.1, 0.15) is 29.1 Å². The van der Waals surface area contributed by atoms with Crippen molar-refractivity contribution in [1.29, 1.82) is 0 Å². The molecule has 1 heterocycles. The van der Waals surface area contributed by atoms with Crippen LogP contribution in [0, 0.1) is 5.82 Å². The van der Waals surface area contributed by atoms with Crippen molar-refractivity contribution in [2.45, 2.75) is 17.9 Å². The summed E-state index contributed by atoms with van der Waals surface area (Å²) in [7, 11) is -2.35. The molecule has 3 aromatic carbocycles. The number of nitrogens with zero attached hydrogens (tertiary/aromatic N) is 2. The summed E-state index contributed by atoms with van der Waals surface area (Å²) < 4.78 is 52.0. The number of rotatable bonds is 7. The highest BCUT2D eigenvalue weighted by Crippen LogP contribution is 2.28. The zero-order valence-corrected chi connectivity index (χ0v) is 18.3. The molecule has 0 unspecified atom stereocenters. The lowest BCUT2D eigenvalue weighted by molar-refractivity contribution is 0.220. The van der Waals surface area contributed by atoms with Gasteiger partial charge in [0, 0.05) is 17.8 Å². The predicted molar refractivity (Wildman–Crippen MR) is 119 cm³/mol. The number of halogens is 1. The number of hydrogen-bond donors (Lipinski definition) is 0. The van der Waals surface area contributed by atoms with Crippen molar-refractivity contribution in [3.8, 4) is 22.6 Å². The SMILES string of the molecule is COc1ccc(S(=O)(=O)n2ccc([C@@H](C)Oc3ccc(-c4ccccc4)c(F)c3)n2)cc1. The monoisotopic (exact) mass is 452 g/mol. The Balaban J connectivity index is 1.51. The van der Waals surface area contributed by atoms with Crippen molar-refractivity contribution < 1.29 is 22.3 Å². The van der Waals surface area contributed by atoms with Crippen molar-refractivity contribution in [1.82, 2.24) is 9.19 Å². The summed E-state index contributed by atoms with van der Waals surface area (Å²) >= 11 is 0. The van der Waals surface area contributed by atoms with Gasteiger partial charge in [-0.3, -0.25) is 0 Å². The number of ether oxygens (including phenoxy) is 2. The molecule has 6 nitrogen and oxygen atoms in total. The van der Waals surface area contributed by atoms with Crippen LogP contribution in [0.25, 0.3) is 11.1 Å². The van der Waals surface area contributed by atoms with Gasteiger partial charge in [0.2, 0.25) is 0 Å². The third-order valence-corrected chi connectivity index (χ3v) is 6.51. The smallest absolute Gasteiger partial charge is 0.282 e. The summed E-state index contributed by atoms with van der Waals surface area (Å²) in [5, 5.41) is 4.16. The van der Waals surface area contributed by atoms with E-state index in [0.29, 0.717) is 22.8 Å². The molecule has 0 N–H and O–H groups in total. The minimum absolute atomic E-state index is 0.0834. The molecule has 1 atom stereocenters. The molecule has 0 aliphatic rings. The van der Waals surface area contributed by atoms with Gasteiger partial charge in [0.15, 0.2) is 0 Å². The highest BCUT2D eigenvalue weighted by Gasteiger charge is 2.20. The minimum atomic E-state index is -3.86. The first kappa shape index (κ1) is 21.6. The van der Waals surface area contributed by atoms with Gasteiger partial charge < -0.3 is 9.47 Å². The molecule has 4 aromatic rings. The summed E-state index contributed by atoms with van der Waals surface area (Å²) in [6.07, 6.45) is 0.762. The molecule has 4 rings (SSSR count). The molecule has 0 radical (unpaired) electrons. The molecular weight excluding hydrogens is 431 g/mol. The highest BCUT2D eigenvalue weighted by atomic mass is 32.2. The summed E-state index contributed by atoms with van der Waals surface area (Å²) in [5.41, 5.74) is 1.64. The third kappa shape index (κ3) is 4.36. The van der Waals surface area contributed by atoms with E-state index in [1.165, 1.54) is 31.5 Å². The summed E-state index contributed by atoms with van der Waals surface area (Å²) in [5.74, 6) is 0.466. The van der Waals surface area contributed by atoms with Gasteiger partial charge in [0.25, 0.3) is 10.0 Å². The van der Waals surface area contributed by atoms with Crippen molar-refractivity contribution in [3.63, 3.8) is 0 Å². The molecule has 0 saturated carbocycles. The van der Waals surface area contributed by atoms with Crippen LogP contribution in [0.1, 0.15) is 18.7 Å². The zero-order chi connectivity index (χ0) is 22.7. The number of benzene rings is 3. The van der Waals surface area contributed by atoms with E-state index in [9.17, 15) is 12.8 Å². The maximum absolute atomic E-state index is 14.6. The van der Waals surface area contributed by atoms with Crippen molar-refractivity contribution in [3.05, 3.63) is 96.6 Å². The second kappa shape index (κ2) is 8.84. The largest absolute Gasteiger partial charge is 0.497 e. The van der Waals surface area contributed by atoms with Crippen molar-refractivity contribution >= 4 is 10.0 Å². The molecule has 0 fully saturated rings. The maximum atomic E-state index is 14.6. The van der Waals surface area contributed by atoms with Gasteiger partial charge in [0.05, 0.1) is 12.0 Å². The van der Waals surface area contributed by atoms with Gasteiger partial charge in [-0.15, -0.1) is 0 Å². The van der Waals surface area contributed by atoms with Crippen LogP contribution < -0.4 is 9.47 Å². The Kier molecular flexibility index (Phi) is 5.96. The normalized spacial score (nSPS) is 12.3. The average molecular weight is 453 g/mol. The number of methoxy groups -OCH3 is 1. The van der Waals surface area contributed by atoms with Crippen LogP contribution >= 0.6 is 0 Å². The molecule has 0 aliphatic carbocycles. The Labute approximate surface area is 185 Å². The Morgan fingerprint density at radius 3 is 2.28 bits per heavy atom. The zero-order valence-electron chi connectivity index (χ0n) is 17.5. The van der Waals surface area contributed by atoms with Gasteiger partial charge in [-0.1, -0.05) is 30.3 Å². The number of hydrogen-bond acceptors (Lipinski definition) is 5.